The van der Waals surface area contributed by atoms with Crippen LogP contribution < -0.4 is 0 Å². The zero-order valence-electron chi connectivity index (χ0n) is 7.03. The van der Waals surface area contributed by atoms with E-state index in [0.717, 1.165) is 0 Å². The SMILES string of the molecule is CC(Cl)C(=O)N(CCO)CCO. The van der Waals surface area contributed by atoms with Crippen molar-refractivity contribution in [2.45, 2.75) is 12.3 Å². The number of aliphatic hydroxyl groups is 2. The van der Waals surface area contributed by atoms with Crippen molar-refractivity contribution >= 4 is 17.5 Å². The van der Waals surface area contributed by atoms with Crippen LogP contribution in [0.4, 0.5) is 0 Å². The molecule has 0 heterocycles. The minimum atomic E-state index is -0.608. The predicted molar refractivity (Wildman–Crippen MR) is 46.1 cm³/mol. The maximum atomic E-state index is 11.2. The van der Waals surface area contributed by atoms with Gasteiger partial charge in [0.1, 0.15) is 5.38 Å². The standard InChI is InChI=1S/C7H14ClNO3/c1-6(8)7(12)9(2-4-10)3-5-11/h6,10-11H,2-5H2,1H3. The van der Waals surface area contributed by atoms with Gasteiger partial charge in [-0.3, -0.25) is 4.79 Å². The molecule has 0 aromatic heterocycles. The average molecular weight is 196 g/mol. The number of carbonyl (C=O) groups is 1. The molecule has 0 aliphatic carbocycles. The quantitative estimate of drug-likeness (QED) is 0.578. The highest BCUT2D eigenvalue weighted by atomic mass is 35.5. The first-order chi connectivity index (χ1) is 5.63. The first-order valence-electron chi connectivity index (χ1n) is 3.78. The Bertz CT molecular complexity index is 135. The third kappa shape index (κ3) is 3.90. The molecular formula is C7H14ClNO3. The summed E-state index contributed by atoms with van der Waals surface area (Å²) < 4.78 is 0. The van der Waals surface area contributed by atoms with E-state index in [9.17, 15) is 4.79 Å². The molecule has 0 aliphatic rings. The van der Waals surface area contributed by atoms with Gasteiger partial charge in [-0.2, -0.15) is 0 Å². The van der Waals surface area contributed by atoms with E-state index in [-0.39, 0.29) is 32.2 Å². The van der Waals surface area contributed by atoms with Crippen molar-refractivity contribution < 1.29 is 15.0 Å². The fraction of sp³-hybridized carbons (Fsp3) is 0.857. The normalized spacial score (nSPS) is 12.7. The molecule has 12 heavy (non-hydrogen) atoms. The van der Waals surface area contributed by atoms with Gasteiger partial charge < -0.3 is 15.1 Å². The van der Waals surface area contributed by atoms with Gasteiger partial charge in [-0.1, -0.05) is 0 Å². The second-order valence-corrected chi connectivity index (χ2v) is 3.04. The summed E-state index contributed by atoms with van der Waals surface area (Å²) in [5.41, 5.74) is 0. The largest absolute Gasteiger partial charge is 0.395 e. The topological polar surface area (TPSA) is 60.8 Å². The van der Waals surface area contributed by atoms with Gasteiger partial charge >= 0.3 is 0 Å². The van der Waals surface area contributed by atoms with Gasteiger partial charge in [-0.15, -0.1) is 11.6 Å². The number of halogens is 1. The van der Waals surface area contributed by atoms with Crippen LogP contribution in [0.1, 0.15) is 6.92 Å². The Kier molecular flexibility index (Phi) is 6.06. The lowest BCUT2D eigenvalue weighted by Crippen LogP contribution is -2.39. The van der Waals surface area contributed by atoms with E-state index in [1.165, 1.54) is 4.90 Å². The van der Waals surface area contributed by atoms with Crippen molar-refractivity contribution in [3.8, 4) is 0 Å². The molecule has 0 aliphatic heterocycles. The minimum absolute atomic E-state index is 0.116. The predicted octanol–water partition coefficient (Wildman–Crippen LogP) is -0.573. The highest BCUT2D eigenvalue weighted by Gasteiger charge is 2.16. The third-order valence-corrected chi connectivity index (χ3v) is 1.58. The summed E-state index contributed by atoms with van der Waals surface area (Å²) in [6.45, 7) is 1.77. The minimum Gasteiger partial charge on any atom is -0.395 e. The zero-order valence-corrected chi connectivity index (χ0v) is 7.79. The Balaban J connectivity index is 3.99. The number of hydrogen-bond acceptors (Lipinski definition) is 3. The van der Waals surface area contributed by atoms with Crippen LogP contribution in [0.25, 0.3) is 0 Å². The molecule has 1 unspecified atom stereocenters. The second kappa shape index (κ2) is 6.22. The Labute approximate surface area is 76.7 Å². The molecule has 0 saturated carbocycles. The first kappa shape index (κ1) is 11.7. The number of amides is 1. The number of hydrogen-bond donors (Lipinski definition) is 2. The maximum absolute atomic E-state index is 11.2. The molecule has 0 saturated heterocycles. The molecule has 0 aromatic carbocycles. The van der Waals surface area contributed by atoms with Gasteiger partial charge in [0.2, 0.25) is 5.91 Å². The van der Waals surface area contributed by atoms with Gasteiger partial charge in [0.05, 0.1) is 13.2 Å². The molecule has 1 amide bonds. The fourth-order valence-electron chi connectivity index (χ4n) is 0.825. The number of rotatable bonds is 5. The van der Waals surface area contributed by atoms with Crippen molar-refractivity contribution in [3.05, 3.63) is 0 Å². The summed E-state index contributed by atoms with van der Waals surface area (Å²) in [6, 6.07) is 0. The van der Waals surface area contributed by atoms with Crippen LogP contribution in [-0.2, 0) is 4.79 Å². The third-order valence-electron chi connectivity index (χ3n) is 1.39. The number of aliphatic hydroxyl groups excluding tert-OH is 2. The molecule has 5 heteroatoms. The first-order valence-corrected chi connectivity index (χ1v) is 4.21. The highest BCUT2D eigenvalue weighted by molar-refractivity contribution is 6.30. The molecule has 0 radical (unpaired) electrons. The van der Waals surface area contributed by atoms with E-state index in [4.69, 9.17) is 21.8 Å². The summed E-state index contributed by atoms with van der Waals surface area (Å²) >= 11 is 5.54. The Morgan fingerprint density at radius 1 is 1.42 bits per heavy atom. The molecular weight excluding hydrogens is 182 g/mol. The van der Waals surface area contributed by atoms with Crippen LogP contribution in [0.3, 0.4) is 0 Å². The molecule has 0 bridgehead atoms. The summed E-state index contributed by atoms with van der Waals surface area (Å²) in [5, 5.41) is 16.5. The van der Waals surface area contributed by atoms with Gasteiger partial charge in [-0.25, -0.2) is 0 Å². The number of nitrogens with zero attached hydrogens (tertiary/aromatic N) is 1. The van der Waals surface area contributed by atoms with Crippen LogP contribution in [0, 0.1) is 0 Å². The van der Waals surface area contributed by atoms with Crippen LogP contribution in [0.2, 0.25) is 0 Å². The second-order valence-electron chi connectivity index (χ2n) is 2.39. The van der Waals surface area contributed by atoms with Crippen LogP contribution >= 0.6 is 11.6 Å². The van der Waals surface area contributed by atoms with Crippen LogP contribution in [-0.4, -0.2) is 52.7 Å². The number of carbonyl (C=O) groups excluding carboxylic acids is 1. The van der Waals surface area contributed by atoms with Crippen molar-refractivity contribution in [1.82, 2.24) is 4.90 Å². The molecule has 0 fully saturated rings. The summed E-state index contributed by atoms with van der Waals surface area (Å²) in [6.07, 6.45) is 0. The lowest BCUT2D eigenvalue weighted by Gasteiger charge is -2.21. The molecule has 0 spiro atoms. The maximum Gasteiger partial charge on any atom is 0.240 e. The highest BCUT2D eigenvalue weighted by Crippen LogP contribution is 2.00. The van der Waals surface area contributed by atoms with Crippen LogP contribution in [0.5, 0.6) is 0 Å². The van der Waals surface area contributed by atoms with E-state index in [0.29, 0.717) is 0 Å². The van der Waals surface area contributed by atoms with E-state index in [1.54, 1.807) is 6.92 Å². The van der Waals surface area contributed by atoms with Gasteiger partial charge in [0.25, 0.3) is 0 Å². The summed E-state index contributed by atoms with van der Waals surface area (Å²) in [4.78, 5) is 12.5. The van der Waals surface area contributed by atoms with Crippen molar-refractivity contribution in [2.75, 3.05) is 26.3 Å². The lowest BCUT2D eigenvalue weighted by molar-refractivity contribution is -0.131. The van der Waals surface area contributed by atoms with Gasteiger partial charge in [0, 0.05) is 13.1 Å². The van der Waals surface area contributed by atoms with E-state index >= 15 is 0 Å². The Morgan fingerprint density at radius 2 is 1.83 bits per heavy atom. The Morgan fingerprint density at radius 3 is 2.08 bits per heavy atom. The lowest BCUT2D eigenvalue weighted by atomic mass is 10.3. The average Bonchev–Trinajstić information content (AvgIpc) is 2.03. The Hall–Kier alpha value is -0.320. The summed E-state index contributed by atoms with van der Waals surface area (Å²) in [5.74, 6) is -0.264. The van der Waals surface area contributed by atoms with E-state index in [1.807, 2.05) is 0 Å². The monoisotopic (exact) mass is 195 g/mol. The van der Waals surface area contributed by atoms with Crippen molar-refractivity contribution in [2.24, 2.45) is 0 Å². The molecule has 4 nitrogen and oxygen atoms in total. The van der Waals surface area contributed by atoms with Gasteiger partial charge in [-0.05, 0) is 6.92 Å². The molecule has 0 rings (SSSR count). The molecule has 72 valence electrons. The smallest absolute Gasteiger partial charge is 0.240 e. The molecule has 2 N–H and O–H groups in total. The van der Waals surface area contributed by atoms with Gasteiger partial charge in [0.15, 0.2) is 0 Å². The summed E-state index contributed by atoms with van der Waals surface area (Å²) in [7, 11) is 0. The fourth-order valence-corrected chi connectivity index (χ4v) is 0.963. The van der Waals surface area contributed by atoms with Crippen LogP contribution in [0.15, 0.2) is 0 Å². The zero-order chi connectivity index (χ0) is 9.56. The number of alkyl halides is 1. The van der Waals surface area contributed by atoms with Crippen molar-refractivity contribution in [3.63, 3.8) is 0 Å². The van der Waals surface area contributed by atoms with E-state index in [2.05, 4.69) is 0 Å². The van der Waals surface area contributed by atoms with Crippen molar-refractivity contribution in [1.29, 1.82) is 0 Å². The van der Waals surface area contributed by atoms with E-state index < -0.39 is 5.38 Å². The molecule has 0 aromatic rings. The molecule has 1 atom stereocenters.